The van der Waals surface area contributed by atoms with Gasteiger partial charge in [0.15, 0.2) is 0 Å². The van der Waals surface area contributed by atoms with Crippen molar-refractivity contribution in [2.24, 2.45) is 0 Å². The lowest BCUT2D eigenvalue weighted by Crippen LogP contribution is -2.28. The van der Waals surface area contributed by atoms with Crippen LogP contribution in [0.4, 0.5) is 4.39 Å². The number of aromatic nitrogens is 1. The minimum Gasteiger partial charge on any atom is -0.431 e. The molecule has 23 heavy (non-hydrogen) atoms. The van der Waals surface area contributed by atoms with Crippen LogP contribution < -0.4 is 5.32 Å². The lowest BCUT2D eigenvalue weighted by atomic mass is 9.80. The number of hydrogen-bond donors (Lipinski definition) is 2. The van der Waals surface area contributed by atoms with Crippen molar-refractivity contribution in [3.8, 4) is 11.3 Å². The van der Waals surface area contributed by atoms with Gasteiger partial charge in [-0.1, -0.05) is 26.0 Å². The molecule has 0 saturated heterocycles. The van der Waals surface area contributed by atoms with Crippen molar-refractivity contribution < 1.29 is 13.6 Å². The molecule has 3 aromatic rings. The van der Waals surface area contributed by atoms with Crippen LogP contribution in [0.15, 0.2) is 40.9 Å². The van der Waals surface area contributed by atoms with Gasteiger partial charge < -0.3 is 14.7 Å². The quantitative estimate of drug-likeness (QED) is 0.765. The number of amides is 1. The number of furan rings is 1. The van der Waals surface area contributed by atoms with Crippen molar-refractivity contribution in [2.45, 2.75) is 25.7 Å². The lowest BCUT2D eigenvalue weighted by Gasteiger charge is -2.24. The fourth-order valence-electron chi connectivity index (χ4n) is 2.97. The molecule has 0 radical (unpaired) electrons. The van der Waals surface area contributed by atoms with Gasteiger partial charge in [-0.15, -0.1) is 0 Å². The van der Waals surface area contributed by atoms with Crippen molar-refractivity contribution in [1.82, 2.24) is 10.3 Å². The summed E-state index contributed by atoms with van der Waals surface area (Å²) in [7, 11) is 1.63. The average Bonchev–Trinajstić information content (AvgIpc) is 3.12. The molecule has 2 N–H and O–H groups in total. The van der Waals surface area contributed by atoms with Crippen LogP contribution in [0.3, 0.4) is 0 Å². The van der Waals surface area contributed by atoms with Crippen molar-refractivity contribution in [3.63, 3.8) is 0 Å². The highest BCUT2D eigenvalue weighted by Gasteiger charge is 2.28. The molecule has 3 rings (SSSR count). The van der Waals surface area contributed by atoms with Gasteiger partial charge in [-0.2, -0.15) is 4.39 Å². The number of fused-ring (bicyclic) bond motifs is 1. The Kier molecular flexibility index (Phi) is 3.72. The smallest absolute Gasteiger partial charge is 0.278 e. The summed E-state index contributed by atoms with van der Waals surface area (Å²) >= 11 is 0. The van der Waals surface area contributed by atoms with Crippen molar-refractivity contribution in [2.75, 3.05) is 7.05 Å². The van der Waals surface area contributed by atoms with Crippen LogP contribution >= 0.6 is 0 Å². The van der Waals surface area contributed by atoms with Gasteiger partial charge >= 0.3 is 0 Å². The maximum absolute atomic E-state index is 13.3. The highest BCUT2D eigenvalue weighted by molar-refractivity contribution is 5.97. The van der Waals surface area contributed by atoms with E-state index in [9.17, 15) is 9.18 Å². The largest absolute Gasteiger partial charge is 0.431 e. The van der Waals surface area contributed by atoms with Crippen LogP contribution in [0.5, 0.6) is 0 Å². The molecule has 120 valence electrons. The minimum atomic E-state index is -0.612. The number of hydrogen-bond acceptors (Lipinski definition) is 2. The Bertz CT molecular complexity index is 861. The SMILES string of the molecule is CNC(=O)CC(C)(C)c1c[nH]c2cccc(-c3ccc(F)o3)c12. The molecule has 2 heterocycles. The summed E-state index contributed by atoms with van der Waals surface area (Å²) in [6.07, 6.45) is 2.27. The van der Waals surface area contributed by atoms with E-state index in [0.717, 1.165) is 22.0 Å². The van der Waals surface area contributed by atoms with E-state index in [1.54, 1.807) is 13.1 Å². The molecule has 0 aliphatic rings. The predicted octanol–water partition coefficient (Wildman–Crippen LogP) is 3.98. The number of benzene rings is 1. The van der Waals surface area contributed by atoms with Gasteiger partial charge in [-0.25, -0.2) is 0 Å². The first-order chi connectivity index (χ1) is 10.9. The number of halogens is 1. The molecule has 0 aliphatic heterocycles. The van der Waals surface area contributed by atoms with Gasteiger partial charge in [0, 0.05) is 47.6 Å². The fraction of sp³-hybridized carbons (Fsp3) is 0.278. The van der Waals surface area contributed by atoms with Crippen molar-refractivity contribution in [1.29, 1.82) is 0 Å². The van der Waals surface area contributed by atoms with Gasteiger partial charge in [-0.3, -0.25) is 4.79 Å². The van der Waals surface area contributed by atoms with Crippen LogP contribution in [0.2, 0.25) is 0 Å². The first-order valence-corrected chi connectivity index (χ1v) is 7.49. The summed E-state index contributed by atoms with van der Waals surface area (Å²) in [4.78, 5) is 15.1. The van der Waals surface area contributed by atoms with E-state index < -0.39 is 6.01 Å². The molecule has 5 heteroatoms. The van der Waals surface area contributed by atoms with Crippen LogP contribution in [0.1, 0.15) is 25.8 Å². The van der Waals surface area contributed by atoms with Crippen LogP contribution in [0, 0.1) is 6.01 Å². The summed E-state index contributed by atoms with van der Waals surface area (Å²) in [5.74, 6) is 0.454. The summed E-state index contributed by atoms with van der Waals surface area (Å²) in [6.45, 7) is 4.04. The monoisotopic (exact) mass is 314 g/mol. The van der Waals surface area contributed by atoms with Gasteiger partial charge in [0.1, 0.15) is 5.76 Å². The normalized spacial score (nSPS) is 11.8. The van der Waals surface area contributed by atoms with Gasteiger partial charge in [0.2, 0.25) is 5.91 Å². The molecule has 0 aliphatic carbocycles. The predicted molar refractivity (Wildman–Crippen MR) is 87.7 cm³/mol. The summed E-state index contributed by atoms with van der Waals surface area (Å²) in [5, 5.41) is 3.62. The van der Waals surface area contributed by atoms with Crippen molar-refractivity contribution >= 4 is 16.8 Å². The van der Waals surface area contributed by atoms with Crippen LogP contribution in [-0.4, -0.2) is 17.9 Å². The number of rotatable bonds is 4. The molecule has 0 unspecified atom stereocenters. The van der Waals surface area contributed by atoms with E-state index in [1.165, 1.54) is 6.07 Å². The molecule has 0 spiro atoms. The third kappa shape index (κ3) is 2.74. The van der Waals surface area contributed by atoms with E-state index in [2.05, 4.69) is 10.3 Å². The molecular weight excluding hydrogens is 295 g/mol. The van der Waals surface area contributed by atoms with Crippen molar-refractivity contribution in [3.05, 3.63) is 48.1 Å². The number of carbonyl (C=O) groups excluding carboxylic acids is 1. The van der Waals surface area contributed by atoms with Gasteiger partial charge in [0.05, 0.1) is 0 Å². The molecular formula is C18H19FN2O2. The second-order valence-corrected chi connectivity index (χ2v) is 6.27. The Balaban J connectivity index is 2.17. The molecule has 1 aromatic carbocycles. The molecule has 1 amide bonds. The number of carbonyl (C=O) groups is 1. The first-order valence-electron chi connectivity index (χ1n) is 7.49. The minimum absolute atomic E-state index is 0.0223. The fourth-order valence-corrected chi connectivity index (χ4v) is 2.97. The summed E-state index contributed by atoms with van der Waals surface area (Å²) < 4.78 is 18.4. The molecule has 0 fully saturated rings. The standard InChI is InChI=1S/C18H19FN2O2/c1-18(2,9-16(22)20-3)12-10-21-13-6-4-5-11(17(12)13)14-7-8-15(19)23-14/h4-8,10,21H,9H2,1-3H3,(H,20,22). The maximum Gasteiger partial charge on any atom is 0.278 e. The Morgan fingerprint density at radius 1 is 1.30 bits per heavy atom. The Labute approximate surface area is 133 Å². The van der Waals surface area contributed by atoms with Gasteiger partial charge in [-0.05, 0) is 17.7 Å². The summed E-state index contributed by atoms with van der Waals surface area (Å²) in [6, 6.07) is 8.05. The number of H-pyrrole nitrogens is 1. The third-order valence-electron chi connectivity index (χ3n) is 4.15. The first kappa shape index (κ1) is 15.3. The topological polar surface area (TPSA) is 58.0 Å². The molecule has 0 saturated carbocycles. The third-order valence-corrected chi connectivity index (χ3v) is 4.15. The Morgan fingerprint density at radius 3 is 2.74 bits per heavy atom. The summed E-state index contributed by atoms with van der Waals surface area (Å²) in [5.41, 5.74) is 2.37. The number of nitrogens with one attached hydrogen (secondary N) is 2. The van der Waals surface area contributed by atoms with Gasteiger partial charge in [0.25, 0.3) is 6.01 Å². The van der Waals surface area contributed by atoms with Crippen LogP contribution in [-0.2, 0) is 10.2 Å². The van der Waals surface area contributed by atoms with Crippen LogP contribution in [0.25, 0.3) is 22.2 Å². The van der Waals surface area contributed by atoms with E-state index in [0.29, 0.717) is 12.2 Å². The highest BCUT2D eigenvalue weighted by Crippen LogP contribution is 2.38. The molecule has 4 nitrogen and oxygen atoms in total. The maximum atomic E-state index is 13.3. The molecule has 0 atom stereocenters. The average molecular weight is 314 g/mol. The van der Waals surface area contributed by atoms with E-state index in [1.807, 2.05) is 38.2 Å². The second kappa shape index (κ2) is 5.57. The zero-order valence-electron chi connectivity index (χ0n) is 13.4. The second-order valence-electron chi connectivity index (χ2n) is 6.27. The molecule has 0 bridgehead atoms. The van der Waals surface area contributed by atoms with E-state index >= 15 is 0 Å². The molecule has 2 aromatic heterocycles. The van der Waals surface area contributed by atoms with E-state index in [4.69, 9.17) is 4.42 Å². The lowest BCUT2D eigenvalue weighted by molar-refractivity contribution is -0.121. The Hall–Kier alpha value is -2.56. The highest BCUT2D eigenvalue weighted by atomic mass is 19.1. The Morgan fingerprint density at radius 2 is 2.09 bits per heavy atom. The zero-order chi connectivity index (χ0) is 16.6. The van der Waals surface area contributed by atoms with E-state index in [-0.39, 0.29) is 11.3 Å². The zero-order valence-corrected chi connectivity index (χ0v) is 13.4. The number of aromatic amines is 1.